The van der Waals surface area contributed by atoms with E-state index in [1.54, 1.807) is 0 Å². The number of carboxylic acids is 1. The van der Waals surface area contributed by atoms with Crippen LogP contribution in [-0.2, 0) is 23.7 Å². The molecule has 2 heterocycles. The lowest BCUT2D eigenvalue weighted by molar-refractivity contribution is -0.277. The largest absolute Gasteiger partial charge is 0.481 e. The maximum Gasteiger partial charge on any atom is 0.303 e. The maximum absolute atomic E-state index is 10.6. The Morgan fingerprint density at radius 3 is 2.44 bits per heavy atom. The van der Waals surface area contributed by atoms with Crippen molar-refractivity contribution in [2.45, 2.75) is 18.9 Å². The molecule has 0 aromatic rings. The summed E-state index contributed by atoms with van der Waals surface area (Å²) in [5.41, 5.74) is -0.341. The van der Waals surface area contributed by atoms with Crippen molar-refractivity contribution in [1.82, 2.24) is 0 Å². The van der Waals surface area contributed by atoms with Crippen LogP contribution >= 0.6 is 0 Å². The second-order valence-corrected chi connectivity index (χ2v) is 4.23. The van der Waals surface area contributed by atoms with Crippen LogP contribution in [0.25, 0.3) is 0 Å². The third-order valence-electron chi connectivity index (χ3n) is 2.99. The van der Waals surface area contributed by atoms with Crippen molar-refractivity contribution >= 4 is 5.97 Å². The molecule has 1 unspecified atom stereocenters. The average Bonchev–Trinajstić information content (AvgIpc) is 2.29. The van der Waals surface area contributed by atoms with Crippen LogP contribution < -0.4 is 0 Å². The number of carbonyl (C=O) groups is 1. The molecule has 1 N–H and O–H groups in total. The van der Waals surface area contributed by atoms with E-state index in [4.69, 9.17) is 24.1 Å². The molecule has 0 aliphatic carbocycles. The van der Waals surface area contributed by atoms with Crippen LogP contribution in [0.1, 0.15) is 12.8 Å². The van der Waals surface area contributed by atoms with Crippen LogP contribution in [0, 0.1) is 5.41 Å². The Morgan fingerprint density at radius 2 is 1.81 bits per heavy atom. The SMILES string of the molecule is O=C(O)CCC1OCOCC12COCOC2. The van der Waals surface area contributed by atoms with Gasteiger partial charge in [0, 0.05) is 6.42 Å². The number of hydrogen-bond acceptors (Lipinski definition) is 5. The summed E-state index contributed by atoms with van der Waals surface area (Å²) in [5, 5.41) is 8.68. The lowest BCUT2D eigenvalue weighted by Crippen LogP contribution is -2.54. The van der Waals surface area contributed by atoms with E-state index < -0.39 is 5.97 Å². The number of carboxylic acid groups (broad SMARTS) is 1. The molecular weight excluding hydrogens is 216 g/mol. The molecule has 0 saturated carbocycles. The Kier molecular flexibility index (Phi) is 3.75. The third kappa shape index (κ3) is 2.52. The molecule has 2 saturated heterocycles. The van der Waals surface area contributed by atoms with Crippen molar-refractivity contribution in [3.05, 3.63) is 0 Å². The Bertz CT molecular complexity index is 239. The standard InChI is InChI=1S/C10H16O6/c11-9(12)2-1-8-10(5-15-7-16-8)3-13-6-14-4-10/h8H,1-7H2,(H,11,12). The maximum atomic E-state index is 10.6. The van der Waals surface area contributed by atoms with Crippen LogP contribution in [0.3, 0.4) is 0 Å². The van der Waals surface area contributed by atoms with E-state index in [1.165, 1.54) is 0 Å². The van der Waals surface area contributed by atoms with E-state index in [-0.39, 0.29) is 31.5 Å². The summed E-state index contributed by atoms with van der Waals surface area (Å²) in [6, 6.07) is 0. The van der Waals surface area contributed by atoms with Gasteiger partial charge in [0.2, 0.25) is 0 Å². The van der Waals surface area contributed by atoms with Gasteiger partial charge in [-0.2, -0.15) is 0 Å². The average molecular weight is 232 g/mol. The summed E-state index contributed by atoms with van der Waals surface area (Å²) in [7, 11) is 0. The molecule has 92 valence electrons. The van der Waals surface area contributed by atoms with E-state index in [0.717, 1.165) is 0 Å². The van der Waals surface area contributed by atoms with Gasteiger partial charge in [-0.15, -0.1) is 0 Å². The van der Waals surface area contributed by atoms with Crippen molar-refractivity contribution in [3.63, 3.8) is 0 Å². The van der Waals surface area contributed by atoms with Crippen LogP contribution in [0.15, 0.2) is 0 Å². The minimum atomic E-state index is -0.817. The highest BCUT2D eigenvalue weighted by atomic mass is 16.7. The number of aliphatic carboxylic acids is 1. The Hall–Kier alpha value is -0.690. The summed E-state index contributed by atoms with van der Waals surface area (Å²) < 4.78 is 21.3. The van der Waals surface area contributed by atoms with E-state index >= 15 is 0 Å². The molecule has 1 spiro atoms. The van der Waals surface area contributed by atoms with Crippen LogP contribution in [0.4, 0.5) is 0 Å². The van der Waals surface area contributed by atoms with E-state index in [1.807, 2.05) is 0 Å². The summed E-state index contributed by atoms with van der Waals surface area (Å²) in [6.45, 7) is 1.99. The minimum absolute atomic E-state index is 0.0897. The Labute approximate surface area is 93.4 Å². The molecule has 2 aliphatic rings. The molecule has 2 aliphatic heterocycles. The van der Waals surface area contributed by atoms with Gasteiger partial charge in [0.05, 0.1) is 31.3 Å². The highest BCUT2D eigenvalue weighted by molar-refractivity contribution is 5.66. The zero-order chi connectivity index (χ0) is 11.4. The molecule has 0 bridgehead atoms. The first kappa shape index (κ1) is 11.8. The molecular formula is C10H16O6. The van der Waals surface area contributed by atoms with Gasteiger partial charge in [0.15, 0.2) is 0 Å². The highest BCUT2D eigenvalue weighted by Gasteiger charge is 2.45. The summed E-state index contributed by atoms with van der Waals surface area (Å²) in [6.07, 6.45) is 0.385. The number of hydrogen-bond donors (Lipinski definition) is 1. The van der Waals surface area contributed by atoms with Crippen LogP contribution in [-0.4, -0.2) is 50.6 Å². The lowest BCUT2D eigenvalue weighted by atomic mass is 9.81. The molecule has 1 atom stereocenters. The lowest BCUT2D eigenvalue weighted by Gasteiger charge is -2.44. The predicted octanol–water partition coefficient (Wildman–Crippen LogP) is 0.215. The molecule has 2 rings (SSSR count). The van der Waals surface area contributed by atoms with Gasteiger partial charge >= 0.3 is 5.97 Å². The zero-order valence-corrected chi connectivity index (χ0v) is 9.02. The second-order valence-electron chi connectivity index (χ2n) is 4.23. The third-order valence-corrected chi connectivity index (χ3v) is 2.99. The van der Waals surface area contributed by atoms with Gasteiger partial charge in [-0.3, -0.25) is 4.79 Å². The van der Waals surface area contributed by atoms with Crippen molar-refractivity contribution in [1.29, 1.82) is 0 Å². The molecule has 0 aromatic carbocycles. The van der Waals surface area contributed by atoms with E-state index in [0.29, 0.717) is 26.2 Å². The van der Waals surface area contributed by atoms with E-state index in [9.17, 15) is 4.79 Å². The molecule has 0 amide bonds. The highest BCUT2D eigenvalue weighted by Crippen LogP contribution is 2.34. The minimum Gasteiger partial charge on any atom is -0.481 e. The summed E-state index contributed by atoms with van der Waals surface area (Å²) in [5.74, 6) is -0.817. The van der Waals surface area contributed by atoms with Gasteiger partial charge in [-0.05, 0) is 6.42 Å². The van der Waals surface area contributed by atoms with Gasteiger partial charge in [0.25, 0.3) is 0 Å². The Morgan fingerprint density at radius 1 is 1.19 bits per heavy atom. The fourth-order valence-electron chi connectivity index (χ4n) is 2.15. The number of ether oxygens (including phenoxy) is 4. The van der Waals surface area contributed by atoms with Crippen LogP contribution in [0.5, 0.6) is 0 Å². The van der Waals surface area contributed by atoms with Gasteiger partial charge in [0.1, 0.15) is 13.6 Å². The molecule has 6 nitrogen and oxygen atoms in total. The van der Waals surface area contributed by atoms with Crippen molar-refractivity contribution in [3.8, 4) is 0 Å². The Balaban J connectivity index is 1.97. The molecule has 2 fully saturated rings. The summed E-state index contributed by atoms with van der Waals surface area (Å²) >= 11 is 0. The topological polar surface area (TPSA) is 74.2 Å². The van der Waals surface area contributed by atoms with Crippen LogP contribution in [0.2, 0.25) is 0 Å². The first-order valence-corrected chi connectivity index (χ1v) is 5.30. The monoisotopic (exact) mass is 232 g/mol. The van der Waals surface area contributed by atoms with Gasteiger partial charge in [-0.25, -0.2) is 0 Å². The van der Waals surface area contributed by atoms with Gasteiger partial charge in [-0.1, -0.05) is 0 Å². The van der Waals surface area contributed by atoms with E-state index in [2.05, 4.69) is 0 Å². The molecule has 16 heavy (non-hydrogen) atoms. The molecule has 0 radical (unpaired) electrons. The predicted molar refractivity (Wildman–Crippen MR) is 51.8 cm³/mol. The van der Waals surface area contributed by atoms with Crippen molar-refractivity contribution in [2.75, 3.05) is 33.4 Å². The smallest absolute Gasteiger partial charge is 0.303 e. The quantitative estimate of drug-likeness (QED) is 0.750. The second kappa shape index (κ2) is 5.09. The normalized spacial score (nSPS) is 29.1. The van der Waals surface area contributed by atoms with Crippen molar-refractivity contribution in [2.24, 2.45) is 5.41 Å². The van der Waals surface area contributed by atoms with Gasteiger partial charge < -0.3 is 24.1 Å². The summed E-state index contributed by atoms with van der Waals surface area (Å²) in [4.78, 5) is 10.6. The molecule has 0 aromatic heterocycles. The first-order valence-electron chi connectivity index (χ1n) is 5.30. The first-order chi connectivity index (χ1) is 7.73. The zero-order valence-electron chi connectivity index (χ0n) is 9.02. The molecule has 6 heteroatoms. The fourth-order valence-corrected chi connectivity index (χ4v) is 2.15. The van der Waals surface area contributed by atoms with Crippen molar-refractivity contribution < 1.29 is 28.8 Å². The fraction of sp³-hybridized carbons (Fsp3) is 0.900. The number of rotatable bonds is 3.